The van der Waals surface area contributed by atoms with Crippen LogP contribution in [-0.4, -0.2) is 114 Å². The van der Waals surface area contributed by atoms with Crippen molar-refractivity contribution in [3.05, 3.63) is 35.1 Å². The molecule has 15 heteroatoms. The Morgan fingerprint density at radius 3 is 2.74 bits per heavy atom. The number of benzene rings is 1. The van der Waals surface area contributed by atoms with E-state index in [2.05, 4.69) is 15.2 Å². The molecule has 0 aromatic heterocycles. The number of rotatable bonds is 13. The number of aliphatic hydroxyl groups is 1. The molecular formula is C35H48N6O9. The second-order valence-electron chi connectivity index (χ2n) is 14.2. The summed E-state index contributed by atoms with van der Waals surface area (Å²) in [5.74, 6) is -1.55. The lowest BCUT2D eigenvalue weighted by molar-refractivity contribution is -0.163. The number of ether oxygens (including phenoxy) is 3. The number of methoxy groups -OCH3 is 1. The number of carbonyl (C=O) groups is 4. The predicted octanol–water partition coefficient (Wildman–Crippen LogP) is 1.18. The molecule has 2 bridgehead atoms. The fraction of sp³-hybridized carbons (Fsp3) is 0.629. The van der Waals surface area contributed by atoms with Gasteiger partial charge >= 0.3 is 12.1 Å². The van der Waals surface area contributed by atoms with Crippen molar-refractivity contribution in [2.24, 2.45) is 22.4 Å². The van der Waals surface area contributed by atoms with Crippen molar-refractivity contribution in [3.8, 4) is 11.5 Å². The van der Waals surface area contributed by atoms with Crippen LogP contribution in [0.3, 0.4) is 0 Å². The maximum atomic E-state index is 13.9. The molecule has 6 atom stereocenters. The van der Waals surface area contributed by atoms with Gasteiger partial charge in [0.2, 0.25) is 5.91 Å². The van der Waals surface area contributed by atoms with E-state index in [0.29, 0.717) is 55.9 Å². The number of amides is 2. The van der Waals surface area contributed by atoms with E-state index in [1.165, 1.54) is 0 Å². The van der Waals surface area contributed by atoms with Gasteiger partial charge in [-0.15, -0.1) is 0 Å². The Kier molecular flexibility index (Phi) is 10.00. The van der Waals surface area contributed by atoms with Gasteiger partial charge in [-0.1, -0.05) is 6.07 Å². The highest BCUT2D eigenvalue weighted by Gasteiger charge is 2.72. The fourth-order valence-corrected chi connectivity index (χ4v) is 8.95. The molecule has 0 radical (unpaired) electrons. The topological polar surface area (TPSA) is 219 Å². The van der Waals surface area contributed by atoms with Gasteiger partial charge in [0, 0.05) is 50.0 Å². The smallest absolute Gasteiger partial charge is 0.415 e. The number of Topliss-reactive ketones (excluding diaryl/α,β-unsaturated/α-hetero) is 1. The van der Waals surface area contributed by atoms with E-state index in [4.69, 9.17) is 30.8 Å². The minimum absolute atomic E-state index is 0.0839. The molecule has 2 fully saturated rings. The van der Waals surface area contributed by atoms with Gasteiger partial charge in [-0.3, -0.25) is 19.4 Å². The van der Waals surface area contributed by atoms with Gasteiger partial charge in [0.1, 0.15) is 18.0 Å². The number of likely N-dealkylation sites (tertiary alicyclic amines) is 2. The summed E-state index contributed by atoms with van der Waals surface area (Å²) in [6, 6.07) is 3.44. The Balaban J connectivity index is 1.17. The summed E-state index contributed by atoms with van der Waals surface area (Å²) in [6.45, 7) is 1.57. The molecule has 2 aliphatic carbocycles. The van der Waals surface area contributed by atoms with Crippen LogP contribution in [0.15, 0.2) is 29.0 Å². The molecule has 5 aliphatic rings. The third kappa shape index (κ3) is 6.25. The standard InChI is InChI=1S/C35H48N6O9/c1-40-15-12-34-28-20-8-9-24(48-2)29(28)50-30(34)25(10-11-35(34,47)26(40)17-20)49-33(46)41-14-4-3-7-22(41)19-39-31(45)21(6-5-13-38-32(36)37)16-23(42)18-27(43)44/h8-10,21-22,26,30,47H,3-7,11-19H2,1-2H3,(H,39,45)(H,43,44)(H4,36,37,38)/t21-,22?,26-,30+,34+,35-/m1/s1. The Labute approximate surface area is 291 Å². The molecule has 0 saturated carbocycles. The number of hydrogen-bond donors (Lipinski definition) is 5. The zero-order valence-corrected chi connectivity index (χ0v) is 28.7. The molecule has 1 spiro atoms. The number of aliphatic carboxylic acids is 1. The highest BCUT2D eigenvalue weighted by atomic mass is 16.6. The number of carboxylic acid groups (broad SMARTS) is 1. The first-order chi connectivity index (χ1) is 23.9. The molecule has 50 heavy (non-hydrogen) atoms. The van der Waals surface area contributed by atoms with E-state index < -0.39 is 53.2 Å². The van der Waals surface area contributed by atoms with Gasteiger partial charge < -0.3 is 51.0 Å². The number of carbonyl (C=O) groups excluding carboxylic acids is 3. The van der Waals surface area contributed by atoms with Crippen LogP contribution in [0.25, 0.3) is 0 Å². The Morgan fingerprint density at radius 1 is 1.20 bits per heavy atom. The number of ketones is 1. The van der Waals surface area contributed by atoms with Gasteiger partial charge in [-0.25, -0.2) is 4.79 Å². The molecule has 1 aromatic carbocycles. The molecule has 2 amide bonds. The lowest BCUT2D eigenvalue weighted by Crippen LogP contribution is -2.74. The first-order valence-corrected chi connectivity index (χ1v) is 17.4. The number of piperidine rings is 2. The number of aliphatic imine (C=N–C) groups is 1. The SMILES string of the molecule is COc1ccc2c3c1O[C@H]1C(OC(=O)N4CCCCC4CNC(=O)[C@H](CCCN=C(N)N)CC(=O)CC(=O)O)=CC[C@@]4(O)[C@@H](C2)N(C)CC[C@]314. The molecule has 15 nitrogen and oxygen atoms in total. The highest BCUT2D eigenvalue weighted by molar-refractivity contribution is 5.96. The van der Waals surface area contributed by atoms with Crippen molar-refractivity contribution in [1.82, 2.24) is 15.1 Å². The maximum absolute atomic E-state index is 13.9. The zero-order valence-electron chi connectivity index (χ0n) is 28.7. The summed E-state index contributed by atoms with van der Waals surface area (Å²) in [7, 11) is 3.62. The van der Waals surface area contributed by atoms with Crippen LogP contribution < -0.4 is 26.3 Å². The highest BCUT2D eigenvalue weighted by Crippen LogP contribution is 2.65. The normalized spacial score (nSPS) is 28.3. The van der Waals surface area contributed by atoms with Crippen molar-refractivity contribution in [3.63, 3.8) is 0 Å². The number of likely N-dealkylation sites (N-methyl/N-ethyl adjacent to an activating group) is 1. The average molecular weight is 697 g/mol. The van der Waals surface area contributed by atoms with Crippen molar-refractivity contribution in [2.45, 2.75) is 93.4 Å². The number of carboxylic acids is 1. The Hall–Kier alpha value is -4.37. The first-order valence-electron chi connectivity index (χ1n) is 17.4. The van der Waals surface area contributed by atoms with Crippen LogP contribution in [-0.2, 0) is 31.0 Å². The van der Waals surface area contributed by atoms with Crippen LogP contribution in [0, 0.1) is 5.92 Å². The van der Waals surface area contributed by atoms with Crippen molar-refractivity contribution in [2.75, 3.05) is 40.3 Å². The van der Waals surface area contributed by atoms with E-state index in [0.717, 1.165) is 30.5 Å². The molecule has 7 N–H and O–H groups in total. The first kappa shape index (κ1) is 35.5. The van der Waals surface area contributed by atoms with Crippen LogP contribution in [0.5, 0.6) is 11.5 Å². The maximum Gasteiger partial charge on any atom is 0.415 e. The van der Waals surface area contributed by atoms with E-state index in [9.17, 15) is 24.3 Å². The minimum Gasteiger partial charge on any atom is -0.493 e. The number of guanidine groups is 1. The lowest BCUT2D eigenvalue weighted by atomic mass is 9.50. The van der Waals surface area contributed by atoms with Crippen LogP contribution in [0.4, 0.5) is 4.79 Å². The molecule has 3 heterocycles. The summed E-state index contributed by atoms with van der Waals surface area (Å²) in [4.78, 5) is 58.5. The van der Waals surface area contributed by atoms with Gasteiger partial charge in [0.05, 0.1) is 24.2 Å². The Bertz CT molecular complexity index is 1590. The number of nitrogens with zero attached hydrogens (tertiary/aromatic N) is 3. The second kappa shape index (κ2) is 14.1. The van der Waals surface area contributed by atoms with E-state index >= 15 is 0 Å². The summed E-state index contributed by atoms with van der Waals surface area (Å²) in [5.41, 5.74) is 10.9. The summed E-state index contributed by atoms with van der Waals surface area (Å²) in [6.07, 6.45) is 4.12. The van der Waals surface area contributed by atoms with Gasteiger partial charge in [0.15, 0.2) is 23.6 Å². The molecule has 2 saturated heterocycles. The monoisotopic (exact) mass is 696 g/mol. The van der Waals surface area contributed by atoms with E-state index in [-0.39, 0.29) is 44.0 Å². The molecule has 6 rings (SSSR count). The van der Waals surface area contributed by atoms with Crippen molar-refractivity contribution in [1.29, 1.82) is 0 Å². The number of hydrogen-bond acceptors (Lipinski definition) is 10. The van der Waals surface area contributed by atoms with Crippen molar-refractivity contribution >= 4 is 29.7 Å². The van der Waals surface area contributed by atoms with Gasteiger partial charge in [-0.2, -0.15) is 0 Å². The zero-order chi connectivity index (χ0) is 35.8. The van der Waals surface area contributed by atoms with E-state index in [1.807, 2.05) is 19.2 Å². The quantitative estimate of drug-likeness (QED) is 0.0850. The average Bonchev–Trinajstić information content (AvgIpc) is 3.43. The molecule has 1 unspecified atom stereocenters. The summed E-state index contributed by atoms with van der Waals surface area (Å²) >= 11 is 0. The van der Waals surface area contributed by atoms with Gasteiger partial charge in [0.25, 0.3) is 0 Å². The molecule has 3 aliphatic heterocycles. The number of nitrogens with one attached hydrogen (secondary N) is 1. The van der Waals surface area contributed by atoms with Gasteiger partial charge in [-0.05, 0) is 76.2 Å². The predicted molar refractivity (Wildman–Crippen MR) is 181 cm³/mol. The summed E-state index contributed by atoms with van der Waals surface area (Å²) in [5, 5.41) is 24.4. The lowest BCUT2D eigenvalue weighted by Gasteiger charge is -2.61. The molecule has 272 valence electrons. The van der Waals surface area contributed by atoms with Crippen LogP contribution in [0.2, 0.25) is 0 Å². The number of nitrogens with two attached hydrogens (primary N) is 2. The second-order valence-corrected chi connectivity index (χ2v) is 14.2. The molecular weight excluding hydrogens is 648 g/mol. The summed E-state index contributed by atoms with van der Waals surface area (Å²) < 4.78 is 18.5. The third-order valence-corrected chi connectivity index (χ3v) is 11.3. The van der Waals surface area contributed by atoms with E-state index in [1.54, 1.807) is 18.1 Å². The Morgan fingerprint density at radius 2 is 2.00 bits per heavy atom. The largest absolute Gasteiger partial charge is 0.493 e. The minimum atomic E-state index is -1.26. The third-order valence-electron chi connectivity index (χ3n) is 11.3. The van der Waals surface area contributed by atoms with Crippen LogP contribution >= 0.6 is 0 Å². The van der Waals surface area contributed by atoms with Crippen molar-refractivity contribution < 1.29 is 43.6 Å². The molecule has 1 aromatic rings. The fourth-order valence-electron chi connectivity index (χ4n) is 8.95. The van der Waals surface area contributed by atoms with Crippen LogP contribution in [0.1, 0.15) is 68.9 Å².